The molecule has 3 rings (SSSR count). The van der Waals surface area contributed by atoms with Crippen LogP contribution in [0.4, 0.5) is 24.7 Å². The van der Waals surface area contributed by atoms with Crippen molar-refractivity contribution >= 4 is 17.2 Å². The van der Waals surface area contributed by atoms with E-state index < -0.39 is 11.7 Å². The van der Waals surface area contributed by atoms with Gasteiger partial charge in [0.15, 0.2) is 5.82 Å². The average Bonchev–Trinajstić information content (AvgIpc) is 2.91. The number of halogens is 3. The zero-order chi connectivity index (χ0) is 18.2. The molecular weight excluding hydrogens is 333 g/mol. The summed E-state index contributed by atoms with van der Waals surface area (Å²) >= 11 is 0. The van der Waals surface area contributed by atoms with Crippen LogP contribution in [0.15, 0.2) is 52.8 Å². The van der Waals surface area contributed by atoms with Gasteiger partial charge >= 0.3 is 6.18 Å². The second-order valence-electron chi connectivity index (χ2n) is 5.84. The van der Waals surface area contributed by atoms with Crippen molar-refractivity contribution in [3.63, 3.8) is 0 Å². The molecule has 0 fully saturated rings. The maximum absolute atomic E-state index is 13.0. The van der Waals surface area contributed by atoms with Crippen molar-refractivity contribution in [1.29, 1.82) is 0 Å². The number of hydrogen-bond acceptors (Lipinski definition) is 4. The lowest BCUT2D eigenvalue weighted by Gasteiger charge is -2.07. The molecule has 2 aromatic heterocycles. The fourth-order valence-electron chi connectivity index (χ4n) is 2.33. The van der Waals surface area contributed by atoms with Gasteiger partial charge in [-0.15, -0.1) is 10.2 Å². The summed E-state index contributed by atoms with van der Waals surface area (Å²) in [6, 6.07) is 8.32. The molecule has 0 saturated carbocycles. The van der Waals surface area contributed by atoms with Crippen LogP contribution in [0.2, 0.25) is 0 Å². The molecule has 0 bridgehead atoms. The van der Waals surface area contributed by atoms with Gasteiger partial charge in [-0.05, 0) is 42.3 Å². The first kappa shape index (κ1) is 16.9. The maximum atomic E-state index is 13.0. The van der Waals surface area contributed by atoms with Gasteiger partial charge in [0.25, 0.3) is 0 Å². The summed E-state index contributed by atoms with van der Waals surface area (Å²) in [7, 11) is 0. The highest BCUT2D eigenvalue weighted by molar-refractivity contribution is 5.54. The Morgan fingerprint density at radius 1 is 1.04 bits per heavy atom. The zero-order valence-corrected chi connectivity index (χ0v) is 13.5. The predicted molar refractivity (Wildman–Crippen MR) is 86.6 cm³/mol. The molecule has 0 aliphatic carbocycles. The number of benzene rings is 1. The largest absolute Gasteiger partial charge is 0.508 e. The predicted octanol–water partition coefficient (Wildman–Crippen LogP) is 5.60. The number of aromatic nitrogens is 2. The van der Waals surface area contributed by atoms with Crippen LogP contribution in [-0.2, 0) is 6.18 Å². The number of azo groups is 1. The molecule has 1 aromatic carbocycles. The Kier molecular flexibility index (Phi) is 4.20. The number of pyridine rings is 1. The molecule has 0 aliphatic heterocycles. The Hall–Kier alpha value is -2.90. The Balaban J connectivity index is 2.13. The van der Waals surface area contributed by atoms with Crippen molar-refractivity contribution in [1.82, 2.24) is 9.38 Å². The highest BCUT2D eigenvalue weighted by Crippen LogP contribution is 2.34. The molecule has 0 spiro atoms. The van der Waals surface area contributed by atoms with Crippen molar-refractivity contribution in [2.24, 2.45) is 10.2 Å². The Labute approximate surface area is 141 Å². The number of phenols is 1. The smallest absolute Gasteiger partial charge is 0.417 e. The number of hydrogen-bond donors (Lipinski definition) is 1. The van der Waals surface area contributed by atoms with Gasteiger partial charge in [0.1, 0.15) is 11.4 Å². The minimum absolute atomic E-state index is 0.0389. The van der Waals surface area contributed by atoms with Crippen LogP contribution in [0.3, 0.4) is 0 Å². The molecule has 2 heterocycles. The lowest BCUT2D eigenvalue weighted by molar-refractivity contribution is -0.137. The molecule has 1 N–H and O–H groups in total. The molecule has 0 saturated heterocycles. The van der Waals surface area contributed by atoms with Crippen LogP contribution in [0.5, 0.6) is 5.75 Å². The van der Waals surface area contributed by atoms with Gasteiger partial charge in [-0.25, -0.2) is 4.98 Å². The molecule has 130 valence electrons. The number of fused-ring (bicyclic) bond motifs is 1. The molecule has 0 atom stereocenters. The highest BCUT2D eigenvalue weighted by Gasteiger charge is 2.31. The molecule has 3 aromatic rings. The van der Waals surface area contributed by atoms with Crippen molar-refractivity contribution in [2.75, 3.05) is 0 Å². The van der Waals surface area contributed by atoms with Crippen LogP contribution >= 0.6 is 0 Å². The average molecular weight is 348 g/mol. The van der Waals surface area contributed by atoms with Gasteiger partial charge in [0, 0.05) is 6.20 Å². The second-order valence-corrected chi connectivity index (χ2v) is 5.84. The summed E-state index contributed by atoms with van der Waals surface area (Å²) in [5, 5.41) is 17.4. The third-order valence-corrected chi connectivity index (χ3v) is 3.60. The number of phenolic OH excluding ortho intramolecular Hbond substituents is 1. The Bertz CT molecular complexity index is 927. The summed E-state index contributed by atoms with van der Waals surface area (Å²) in [5.74, 6) is 0.304. The van der Waals surface area contributed by atoms with E-state index in [-0.39, 0.29) is 17.5 Å². The minimum atomic E-state index is -4.46. The Morgan fingerprint density at radius 3 is 2.32 bits per heavy atom. The fraction of sp³-hybridized carbons (Fsp3) is 0.235. The SMILES string of the molecule is CC(C)c1nc2ccc(C(F)(F)F)cn2c1N=Nc1ccc(O)cc1. The standard InChI is InChI=1S/C17H15F3N4O/c1-10(2)15-16(23-22-12-4-6-13(25)7-5-12)24-9-11(17(18,19)20)3-8-14(24)21-15/h3-10,25H,1-2H3. The van der Waals surface area contributed by atoms with E-state index in [9.17, 15) is 18.3 Å². The molecule has 0 unspecified atom stereocenters. The molecule has 8 heteroatoms. The topological polar surface area (TPSA) is 62.2 Å². The summed E-state index contributed by atoms with van der Waals surface area (Å²) in [4.78, 5) is 4.36. The van der Waals surface area contributed by atoms with Crippen LogP contribution in [0.1, 0.15) is 31.0 Å². The first-order chi connectivity index (χ1) is 11.8. The quantitative estimate of drug-likeness (QED) is 0.627. The highest BCUT2D eigenvalue weighted by atomic mass is 19.4. The van der Waals surface area contributed by atoms with Gasteiger partial charge in [-0.3, -0.25) is 4.40 Å². The van der Waals surface area contributed by atoms with E-state index in [2.05, 4.69) is 15.2 Å². The van der Waals surface area contributed by atoms with E-state index in [1.807, 2.05) is 13.8 Å². The van der Waals surface area contributed by atoms with E-state index in [4.69, 9.17) is 0 Å². The number of alkyl halides is 3. The Morgan fingerprint density at radius 2 is 1.72 bits per heavy atom. The van der Waals surface area contributed by atoms with Crippen molar-refractivity contribution in [2.45, 2.75) is 25.9 Å². The zero-order valence-electron chi connectivity index (χ0n) is 13.5. The lowest BCUT2D eigenvalue weighted by atomic mass is 10.1. The van der Waals surface area contributed by atoms with E-state index in [0.717, 1.165) is 12.3 Å². The fourth-order valence-corrected chi connectivity index (χ4v) is 2.33. The molecule has 5 nitrogen and oxygen atoms in total. The third kappa shape index (κ3) is 3.47. The van der Waals surface area contributed by atoms with Crippen LogP contribution in [-0.4, -0.2) is 14.5 Å². The summed E-state index contributed by atoms with van der Waals surface area (Å²) in [6.45, 7) is 3.76. The monoisotopic (exact) mass is 348 g/mol. The molecule has 0 amide bonds. The second kappa shape index (κ2) is 6.19. The summed E-state index contributed by atoms with van der Waals surface area (Å²) in [5.41, 5.74) is 0.612. The molecule has 0 aliphatic rings. The van der Waals surface area contributed by atoms with E-state index in [1.54, 1.807) is 12.1 Å². The van der Waals surface area contributed by atoms with Crippen molar-refractivity contribution in [3.05, 3.63) is 53.9 Å². The van der Waals surface area contributed by atoms with E-state index in [1.165, 1.54) is 22.6 Å². The van der Waals surface area contributed by atoms with Gasteiger partial charge < -0.3 is 5.11 Å². The number of rotatable bonds is 3. The number of nitrogens with zero attached hydrogens (tertiary/aromatic N) is 4. The van der Waals surface area contributed by atoms with E-state index >= 15 is 0 Å². The molecular formula is C17H15F3N4O. The first-order valence-corrected chi connectivity index (χ1v) is 7.55. The minimum Gasteiger partial charge on any atom is -0.508 e. The van der Waals surface area contributed by atoms with Crippen molar-refractivity contribution < 1.29 is 18.3 Å². The maximum Gasteiger partial charge on any atom is 0.417 e. The number of aromatic hydroxyl groups is 1. The number of imidazole rings is 1. The first-order valence-electron chi connectivity index (χ1n) is 7.55. The van der Waals surface area contributed by atoms with Gasteiger partial charge in [-0.1, -0.05) is 13.8 Å². The molecule has 0 radical (unpaired) electrons. The van der Waals surface area contributed by atoms with Crippen molar-refractivity contribution in [3.8, 4) is 5.75 Å². The third-order valence-electron chi connectivity index (χ3n) is 3.60. The van der Waals surface area contributed by atoms with Gasteiger partial charge in [-0.2, -0.15) is 13.2 Å². The summed E-state index contributed by atoms with van der Waals surface area (Å²) in [6.07, 6.45) is -3.48. The van der Waals surface area contributed by atoms with Crippen LogP contribution in [0.25, 0.3) is 5.65 Å². The van der Waals surface area contributed by atoms with Crippen LogP contribution in [0, 0.1) is 0 Å². The van der Waals surface area contributed by atoms with E-state index in [0.29, 0.717) is 17.0 Å². The lowest BCUT2D eigenvalue weighted by Crippen LogP contribution is -2.06. The summed E-state index contributed by atoms with van der Waals surface area (Å²) < 4.78 is 40.3. The van der Waals surface area contributed by atoms with Gasteiger partial charge in [0.05, 0.1) is 16.9 Å². The normalized spacial score (nSPS) is 12.6. The molecule has 25 heavy (non-hydrogen) atoms. The van der Waals surface area contributed by atoms with Crippen LogP contribution < -0.4 is 0 Å². The van der Waals surface area contributed by atoms with Gasteiger partial charge in [0.2, 0.25) is 0 Å².